The number of nitrogens with zero attached hydrogens (tertiary/aromatic N) is 1. The molecular weight excluding hydrogens is 392 g/mol. The van der Waals surface area contributed by atoms with E-state index in [4.69, 9.17) is 16.0 Å². The van der Waals surface area contributed by atoms with E-state index in [1.54, 1.807) is 31.2 Å². The number of nitrogens with one attached hydrogen (secondary N) is 1. The van der Waals surface area contributed by atoms with E-state index >= 15 is 0 Å². The number of methoxy groups -OCH3 is 1. The van der Waals surface area contributed by atoms with Crippen LogP contribution in [0.4, 0.5) is 0 Å². The molecule has 0 unspecified atom stereocenters. The Morgan fingerprint density at radius 2 is 2.04 bits per heavy atom. The molecule has 0 aliphatic heterocycles. The highest BCUT2D eigenvalue weighted by Crippen LogP contribution is 2.20. The highest BCUT2D eigenvalue weighted by molar-refractivity contribution is 7.89. The first kappa shape index (κ1) is 19.3. The lowest BCUT2D eigenvalue weighted by molar-refractivity contribution is 0.0599. The number of halogens is 1. The number of hydrogen-bond acceptors (Lipinski definition) is 6. The molecule has 3 aromatic rings. The molecule has 0 bridgehead atoms. The lowest BCUT2D eigenvalue weighted by Gasteiger charge is -2.09. The predicted octanol–water partition coefficient (Wildman–Crippen LogP) is 3.10. The van der Waals surface area contributed by atoms with E-state index in [-0.39, 0.29) is 23.4 Å². The Morgan fingerprint density at radius 3 is 2.78 bits per heavy atom. The van der Waals surface area contributed by atoms with Crippen LogP contribution in [0.3, 0.4) is 0 Å². The Balaban J connectivity index is 1.72. The molecular formula is C18H17ClN2O5S. The van der Waals surface area contributed by atoms with Gasteiger partial charge in [-0.15, -0.1) is 0 Å². The van der Waals surface area contributed by atoms with Crippen molar-refractivity contribution in [2.45, 2.75) is 18.2 Å². The second-order valence-corrected chi connectivity index (χ2v) is 8.04. The predicted molar refractivity (Wildman–Crippen MR) is 100 cm³/mol. The molecule has 7 nitrogen and oxygen atoms in total. The number of aromatic nitrogens is 1. The summed E-state index contributed by atoms with van der Waals surface area (Å²) < 4.78 is 37.7. The molecule has 0 amide bonds. The molecule has 9 heteroatoms. The lowest BCUT2D eigenvalue weighted by atomic mass is 10.1. The van der Waals surface area contributed by atoms with Crippen molar-refractivity contribution in [1.29, 1.82) is 0 Å². The summed E-state index contributed by atoms with van der Waals surface area (Å²) in [5.74, 6) is -0.191. The molecule has 1 heterocycles. The summed E-state index contributed by atoms with van der Waals surface area (Å²) in [5.41, 5.74) is 2.03. The maximum absolute atomic E-state index is 12.5. The van der Waals surface area contributed by atoms with Crippen molar-refractivity contribution in [3.63, 3.8) is 0 Å². The first-order valence-corrected chi connectivity index (χ1v) is 9.90. The van der Waals surface area contributed by atoms with E-state index < -0.39 is 16.0 Å². The molecule has 1 aromatic heterocycles. The first-order chi connectivity index (χ1) is 12.8. The fourth-order valence-electron chi connectivity index (χ4n) is 2.53. The van der Waals surface area contributed by atoms with Crippen LogP contribution in [0.25, 0.3) is 11.1 Å². The number of carbonyl (C=O) groups excluding carboxylic acids is 1. The molecule has 27 heavy (non-hydrogen) atoms. The standard InChI is InChI=1S/C18H17ClN2O5S/c1-11-3-5-13(10-14(11)18(22)25-2)27(23,24)20-8-7-17-21-15-9-12(19)4-6-16(15)26-17/h3-6,9-10,20H,7-8H2,1-2H3. The number of carbonyl (C=O) groups is 1. The van der Waals surface area contributed by atoms with Crippen LogP contribution < -0.4 is 4.72 Å². The van der Waals surface area contributed by atoms with Gasteiger partial charge in [-0.3, -0.25) is 0 Å². The number of rotatable bonds is 6. The average Bonchev–Trinajstić information content (AvgIpc) is 3.02. The molecule has 3 rings (SSSR count). The number of sulfonamides is 1. The van der Waals surface area contributed by atoms with E-state index in [0.717, 1.165) is 0 Å². The summed E-state index contributed by atoms with van der Waals surface area (Å²) in [5, 5.41) is 0.545. The zero-order valence-electron chi connectivity index (χ0n) is 14.7. The van der Waals surface area contributed by atoms with Gasteiger partial charge in [-0.2, -0.15) is 0 Å². The Labute approximate surface area is 161 Å². The minimum atomic E-state index is -3.80. The summed E-state index contributed by atoms with van der Waals surface area (Å²) in [4.78, 5) is 16.0. The minimum Gasteiger partial charge on any atom is -0.465 e. The Morgan fingerprint density at radius 1 is 1.26 bits per heavy atom. The van der Waals surface area contributed by atoms with Gasteiger partial charge in [0.05, 0.1) is 17.6 Å². The molecule has 0 saturated heterocycles. The summed E-state index contributed by atoms with van der Waals surface area (Å²) in [6.45, 7) is 1.79. The fraction of sp³-hybridized carbons (Fsp3) is 0.222. The Kier molecular flexibility index (Phi) is 5.50. The number of benzene rings is 2. The van der Waals surface area contributed by atoms with Crippen LogP contribution in [0.1, 0.15) is 21.8 Å². The van der Waals surface area contributed by atoms with Crippen LogP contribution in [-0.4, -0.2) is 33.0 Å². The number of esters is 1. The molecule has 0 aliphatic rings. The van der Waals surface area contributed by atoms with Crippen molar-refractivity contribution >= 4 is 38.7 Å². The van der Waals surface area contributed by atoms with Gasteiger partial charge in [-0.25, -0.2) is 22.9 Å². The first-order valence-electron chi connectivity index (χ1n) is 8.04. The van der Waals surface area contributed by atoms with Crippen molar-refractivity contribution in [3.05, 3.63) is 58.4 Å². The average molecular weight is 409 g/mol. The van der Waals surface area contributed by atoms with Crippen LogP contribution in [0.2, 0.25) is 5.02 Å². The zero-order chi connectivity index (χ0) is 19.6. The quantitative estimate of drug-likeness (QED) is 0.629. The van der Waals surface area contributed by atoms with Crippen LogP contribution in [0.5, 0.6) is 0 Å². The van der Waals surface area contributed by atoms with Crippen LogP contribution in [0, 0.1) is 6.92 Å². The Hall–Kier alpha value is -2.42. The van der Waals surface area contributed by atoms with Gasteiger partial charge in [0.25, 0.3) is 0 Å². The summed E-state index contributed by atoms with van der Waals surface area (Å²) in [6.07, 6.45) is 0.265. The molecule has 0 radical (unpaired) electrons. The van der Waals surface area contributed by atoms with E-state index in [2.05, 4.69) is 14.4 Å². The third-order valence-electron chi connectivity index (χ3n) is 3.95. The molecule has 0 fully saturated rings. The Bertz CT molecular complexity index is 1110. The monoisotopic (exact) mass is 408 g/mol. The van der Waals surface area contributed by atoms with Gasteiger partial charge in [0.1, 0.15) is 5.52 Å². The third-order valence-corrected chi connectivity index (χ3v) is 5.64. The van der Waals surface area contributed by atoms with E-state index in [1.807, 2.05) is 0 Å². The van der Waals surface area contributed by atoms with Crippen molar-refractivity contribution < 1.29 is 22.4 Å². The molecule has 2 aromatic carbocycles. The van der Waals surface area contributed by atoms with Gasteiger partial charge in [0.15, 0.2) is 11.5 Å². The van der Waals surface area contributed by atoms with Crippen molar-refractivity contribution in [2.24, 2.45) is 0 Å². The van der Waals surface area contributed by atoms with E-state index in [1.165, 1.54) is 19.2 Å². The van der Waals surface area contributed by atoms with Crippen LogP contribution >= 0.6 is 11.6 Å². The van der Waals surface area contributed by atoms with E-state index in [9.17, 15) is 13.2 Å². The molecule has 1 N–H and O–H groups in total. The smallest absolute Gasteiger partial charge is 0.338 e. The second kappa shape index (κ2) is 7.67. The molecule has 0 aliphatic carbocycles. The second-order valence-electron chi connectivity index (χ2n) is 5.84. The van der Waals surface area contributed by atoms with Crippen LogP contribution in [0.15, 0.2) is 45.7 Å². The number of ether oxygens (including phenoxy) is 1. The molecule has 142 valence electrons. The largest absolute Gasteiger partial charge is 0.465 e. The number of aryl methyl sites for hydroxylation is 1. The maximum atomic E-state index is 12.5. The molecule has 0 atom stereocenters. The summed E-state index contributed by atoms with van der Waals surface area (Å²) >= 11 is 5.91. The summed E-state index contributed by atoms with van der Waals surface area (Å²) in [7, 11) is -2.55. The number of oxazole rings is 1. The molecule has 0 saturated carbocycles. The highest BCUT2D eigenvalue weighted by Gasteiger charge is 2.18. The van der Waals surface area contributed by atoms with Gasteiger partial charge < -0.3 is 9.15 Å². The SMILES string of the molecule is COC(=O)c1cc(S(=O)(=O)NCCc2nc3cc(Cl)ccc3o2)ccc1C. The summed E-state index contributed by atoms with van der Waals surface area (Å²) in [6, 6.07) is 9.37. The third kappa shape index (κ3) is 4.29. The highest BCUT2D eigenvalue weighted by atomic mass is 35.5. The fourth-order valence-corrected chi connectivity index (χ4v) is 3.75. The van der Waals surface area contributed by atoms with Gasteiger partial charge in [0, 0.05) is 18.0 Å². The minimum absolute atomic E-state index is 0.0159. The number of fused-ring (bicyclic) bond motifs is 1. The van der Waals surface area contributed by atoms with Gasteiger partial charge >= 0.3 is 5.97 Å². The zero-order valence-corrected chi connectivity index (χ0v) is 16.2. The van der Waals surface area contributed by atoms with E-state index in [0.29, 0.717) is 27.6 Å². The van der Waals surface area contributed by atoms with Crippen molar-refractivity contribution in [3.8, 4) is 0 Å². The van der Waals surface area contributed by atoms with Crippen molar-refractivity contribution in [1.82, 2.24) is 9.71 Å². The number of hydrogen-bond donors (Lipinski definition) is 1. The van der Waals surface area contributed by atoms with Gasteiger partial charge in [-0.05, 0) is 42.8 Å². The van der Waals surface area contributed by atoms with Crippen molar-refractivity contribution in [2.75, 3.05) is 13.7 Å². The topological polar surface area (TPSA) is 98.5 Å². The van der Waals surface area contributed by atoms with Gasteiger partial charge in [-0.1, -0.05) is 17.7 Å². The van der Waals surface area contributed by atoms with Crippen LogP contribution in [-0.2, 0) is 21.2 Å². The lowest BCUT2D eigenvalue weighted by Crippen LogP contribution is -2.26. The van der Waals surface area contributed by atoms with Gasteiger partial charge in [0.2, 0.25) is 10.0 Å². The molecule has 0 spiro atoms. The normalized spacial score (nSPS) is 11.7. The maximum Gasteiger partial charge on any atom is 0.338 e.